The first-order valence-electron chi connectivity index (χ1n) is 9.66. The number of aromatic nitrogens is 5. The lowest BCUT2D eigenvalue weighted by molar-refractivity contribution is 0.286. The SMILES string of the molecule is CCCCOc1nc(N)c2nc(O)n(Cc3ccc(CNC4CC4)nc3)c2n1. The van der Waals surface area contributed by atoms with Gasteiger partial charge in [0, 0.05) is 18.8 Å². The smallest absolute Gasteiger partial charge is 0.320 e. The summed E-state index contributed by atoms with van der Waals surface area (Å²) in [5.41, 5.74) is 8.70. The molecule has 0 unspecified atom stereocenters. The van der Waals surface area contributed by atoms with Crippen LogP contribution in [0, 0.1) is 0 Å². The molecule has 0 spiro atoms. The van der Waals surface area contributed by atoms with Crippen molar-refractivity contribution in [3.05, 3.63) is 29.6 Å². The maximum atomic E-state index is 10.3. The van der Waals surface area contributed by atoms with E-state index in [9.17, 15) is 5.11 Å². The molecule has 0 atom stereocenters. The van der Waals surface area contributed by atoms with E-state index in [1.165, 1.54) is 12.8 Å². The molecule has 28 heavy (non-hydrogen) atoms. The number of imidazole rings is 1. The van der Waals surface area contributed by atoms with Gasteiger partial charge in [-0.2, -0.15) is 15.0 Å². The van der Waals surface area contributed by atoms with Crippen molar-refractivity contribution in [2.75, 3.05) is 12.3 Å². The Morgan fingerprint density at radius 1 is 1.29 bits per heavy atom. The molecule has 0 saturated heterocycles. The van der Waals surface area contributed by atoms with Crippen LogP contribution in [0.2, 0.25) is 0 Å². The summed E-state index contributed by atoms with van der Waals surface area (Å²) in [6, 6.07) is 4.66. The number of anilines is 1. The van der Waals surface area contributed by atoms with Crippen LogP contribution < -0.4 is 15.8 Å². The van der Waals surface area contributed by atoms with Crippen molar-refractivity contribution in [3.8, 4) is 12.0 Å². The number of ether oxygens (including phenoxy) is 1. The lowest BCUT2D eigenvalue weighted by atomic mass is 10.2. The van der Waals surface area contributed by atoms with Crippen LogP contribution in [0.1, 0.15) is 43.9 Å². The predicted molar refractivity (Wildman–Crippen MR) is 105 cm³/mol. The van der Waals surface area contributed by atoms with Crippen molar-refractivity contribution < 1.29 is 9.84 Å². The van der Waals surface area contributed by atoms with Gasteiger partial charge in [0.1, 0.15) is 0 Å². The number of hydrogen-bond donors (Lipinski definition) is 3. The molecule has 148 valence electrons. The predicted octanol–water partition coefficient (Wildman–Crippen LogP) is 1.99. The Kier molecular flexibility index (Phi) is 5.25. The van der Waals surface area contributed by atoms with Crippen LogP contribution in [0.3, 0.4) is 0 Å². The summed E-state index contributed by atoms with van der Waals surface area (Å²) < 4.78 is 7.16. The fourth-order valence-corrected chi connectivity index (χ4v) is 2.88. The second-order valence-electron chi connectivity index (χ2n) is 7.08. The molecule has 3 aromatic rings. The van der Waals surface area contributed by atoms with E-state index in [0.717, 1.165) is 30.6 Å². The van der Waals surface area contributed by atoms with Crippen LogP contribution in [-0.2, 0) is 13.1 Å². The molecule has 1 fully saturated rings. The Balaban J connectivity index is 1.54. The van der Waals surface area contributed by atoms with Crippen LogP contribution in [0.15, 0.2) is 18.3 Å². The van der Waals surface area contributed by atoms with Crippen LogP contribution in [0.5, 0.6) is 12.0 Å². The summed E-state index contributed by atoms with van der Waals surface area (Å²) >= 11 is 0. The monoisotopic (exact) mass is 383 g/mol. The maximum Gasteiger partial charge on any atom is 0.320 e. The van der Waals surface area contributed by atoms with Crippen LogP contribution in [0.4, 0.5) is 5.82 Å². The second-order valence-corrected chi connectivity index (χ2v) is 7.08. The molecule has 4 rings (SSSR count). The Labute approximate surface area is 163 Å². The molecule has 0 aromatic carbocycles. The molecule has 1 saturated carbocycles. The largest absolute Gasteiger partial charge is 0.480 e. The Bertz CT molecular complexity index is 951. The lowest BCUT2D eigenvalue weighted by Gasteiger charge is -2.08. The van der Waals surface area contributed by atoms with Gasteiger partial charge >= 0.3 is 6.01 Å². The van der Waals surface area contributed by atoms with E-state index in [2.05, 4.69) is 32.2 Å². The summed E-state index contributed by atoms with van der Waals surface area (Å²) in [5.74, 6) is 0.185. The molecule has 9 nitrogen and oxygen atoms in total. The Hall–Kier alpha value is -2.94. The van der Waals surface area contributed by atoms with E-state index in [1.54, 1.807) is 10.8 Å². The maximum absolute atomic E-state index is 10.3. The number of pyridine rings is 1. The number of nitrogens with one attached hydrogen (secondary N) is 1. The van der Waals surface area contributed by atoms with Crippen LogP contribution in [-0.4, -0.2) is 42.3 Å². The van der Waals surface area contributed by atoms with E-state index in [-0.39, 0.29) is 17.8 Å². The van der Waals surface area contributed by atoms with Gasteiger partial charge < -0.3 is 20.9 Å². The molecule has 1 aliphatic rings. The zero-order valence-corrected chi connectivity index (χ0v) is 15.9. The van der Waals surface area contributed by atoms with E-state index >= 15 is 0 Å². The molecule has 9 heteroatoms. The average Bonchev–Trinajstić information content (AvgIpc) is 3.47. The van der Waals surface area contributed by atoms with Gasteiger partial charge in [-0.15, -0.1) is 0 Å². The van der Waals surface area contributed by atoms with Crippen LogP contribution in [0.25, 0.3) is 11.2 Å². The zero-order chi connectivity index (χ0) is 19.5. The Morgan fingerprint density at radius 2 is 2.14 bits per heavy atom. The summed E-state index contributed by atoms with van der Waals surface area (Å²) in [4.78, 5) is 17.1. The quantitative estimate of drug-likeness (QED) is 0.479. The van der Waals surface area contributed by atoms with E-state index in [4.69, 9.17) is 10.5 Å². The standard InChI is InChI=1S/C19H25N7O2/c1-2-3-8-28-18-24-16(20)15-17(25-18)26(19(27)23-15)11-12-4-5-14(21-9-12)10-22-13-6-7-13/h4-5,9,13,22H,2-3,6-8,10-11H2,1H3,(H,23,27)(H2,20,24,25). The third-order valence-corrected chi connectivity index (χ3v) is 4.69. The summed E-state index contributed by atoms with van der Waals surface area (Å²) in [7, 11) is 0. The van der Waals surface area contributed by atoms with Crippen LogP contribution >= 0.6 is 0 Å². The van der Waals surface area contributed by atoms with Crippen molar-refractivity contribution in [2.24, 2.45) is 0 Å². The van der Waals surface area contributed by atoms with Gasteiger partial charge in [0.05, 0.1) is 18.8 Å². The molecular formula is C19H25N7O2. The molecule has 0 radical (unpaired) electrons. The average molecular weight is 383 g/mol. The molecule has 3 heterocycles. The number of nitrogen functional groups attached to an aromatic ring is 1. The number of nitrogens with zero attached hydrogens (tertiary/aromatic N) is 5. The zero-order valence-electron chi connectivity index (χ0n) is 15.9. The fraction of sp³-hybridized carbons (Fsp3) is 0.474. The highest BCUT2D eigenvalue weighted by Crippen LogP contribution is 2.25. The van der Waals surface area contributed by atoms with Crippen molar-refractivity contribution in [3.63, 3.8) is 0 Å². The number of aromatic hydroxyl groups is 1. The summed E-state index contributed by atoms with van der Waals surface area (Å²) in [6.07, 6.45) is 6.22. The van der Waals surface area contributed by atoms with E-state index < -0.39 is 0 Å². The minimum atomic E-state index is -0.166. The number of fused-ring (bicyclic) bond motifs is 1. The third kappa shape index (κ3) is 4.14. The fourth-order valence-electron chi connectivity index (χ4n) is 2.88. The third-order valence-electron chi connectivity index (χ3n) is 4.69. The van der Waals surface area contributed by atoms with Crippen molar-refractivity contribution in [1.29, 1.82) is 0 Å². The lowest BCUT2D eigenvalue weighted by Crippen LogP contribution is -2.16. The second kappa shape index (κ2) is 7.97. The van der Waals surface area contributed by atoms with Gasteiger partial charge in [0.25, 0.3) is 6.01 Å². The number of rotatable bonds is 9. The summed E-state index contributed by atoms with van der Waals surface area (Å²) in [6.45, 7) is 3.74. The number of hydrogen-bond acceptors (Lipinski definition) is 8. The first kappa shape index (κ1) is 18.4. The van der Waals surface area contributed by atoms with Gasteiger partial charge in [-0.05, 0) is 30.9 Å². The van der Waals surface area contributed by atoms with Crippen molar-refractivity contribution in [2.45, 2.75) is 51.7 Å². The molecular weight excluding hydrogens is 358 g/mol. The molecule has 4 N–H and O–H groups in total. The summed E-state index contributed by atoms with van der Waals surface area (Å²) in [5, 5.41) is 13.7. The van der Waals surface area contributed by atoms with Crippen molar-refractivity contribution >= 4 is 17.0 Å². The molecule has 1 aliphatic carbocycles. The van der Waals surface area contributed by atoms with E-state index in [0.29, 0.717) is 30.4 Å². The Morgan fingerprint density at radius 3 is 2.86 bits per heavy atom. The van der Waals surface area contributed by atoms with E-state index in [1.807, 2.05) is 12.1 Å². The number of unbranched alkanes of at least 4 members (excludes halogenated alkanes) is 1. The highest BCUT2D eigenvalue weighted by atomic mass is 16.5. The number of nitrogens with two attached hydrogens (primary N) is 1. The highest BCUT2D eigenvalue weighted by Gasteiger charge is 2.20. The molecule has 3 aromatic heterocycles. The normalized spacial score (nSPS) is 13.9. The minimum absolute atomic E-state index is 0.166. The van der Waals surface area contributed by atoms with Crippen molar-refractivity contribution in [1.82, 2.24) is 29.8 Å². The first-order chi connectivity index (χ1) is 13.6. The first-order valence-corrected chi connectivity index (χ1v) is 9.66. The topological polar surface area (TPSA) is 124 Å². The van der Waals surface area contributed by atoms with Gasteiger partial charge in [0.15, 0.2) is 17.0 Å². The molecule has 0 bridgehead atoms. The van der Waals surface area contributed by atoms with Gasteiger partial charge in [0.2, 0.25) is 0 Å². The van der Waals surface area contributed by atoms with Gasteiger partial charge in [-0.25, -0.2) is 0 Å². The minimum Gasteiger partial charge on any atom is -0.480 e. The van der Waals surface area contributed by atoms with Gasteiger partial charge in [-0.3, -0.25) is 9.55 Å². The molecule has 0 amide bonds. The molecule has 0 aliphatic heterocycles. The van der Waals surface area contributed by atoms with Gasteiger partial charge in [-0.1, -0.05) is 19.4 Å². The highest BCUT2D eigenvalue weighted by molar-refractivity contribution is 5.83.